The average Bonchev–Trinajstić information content (AvgIpc) is 2.91. The fraction of sp³-hybridized carbons (Fsp3) is 0.121. The van der Waals surface area contributed by atoms with Crippen molar-refractivity contribution in [2.45, 2.75) is 0 Å². The van der Waals surface area contributed by atoms with E-state index in [0.717, 1.165) is 33.6 Å². The van der Waals surface area contributed by atoms with Crippen molar-refractivity contribution in [3.05, 3.63) is 144 Å². The van der Waals surface area contributed by atoms with Crippen LogP contribution in [0.4, 0.5) is 0 Å². The molecule has 0 atom stereocenters. The molecule has 4 rings (SSSR count). The first-order valence-electron chi connectivity index (χ1n) is 12.1. The summed E-state index contributed by atoms with van der Waals surface area (Å²) in [6, 6.07) is 40.2. The van der Waals surface area contributed by atoms with E-state index in [-0.39, 0.29) is 5.78 Å². The minimum Gasteiger partial charge on any atom is -0.377 e. The summed E-state index contributed by atoms with van der Waals surface area (Å²) < 4.78 is 0. The zero-order valence-corrected chi connectivity index (χ0v) is 21.3. The summed E-state index contributed by atoms with van der Waals surface area (Å²) in [5.41, 5.74) is 6.85. The van der Waals surface area contributed by atoms with Crippen molar-refractivity contribution in [2.24, 2.45) is 0 Å². The normalized spacial score (nSPS) is 12.3. The van der Waals surface area contributed by atoms with E-state index in [1.165, 1.54) is 0 Å². The molecule has 0 amide bonds. The second-order valence-electron chi connectivity index (χ2n) is 9.03. The third-order valence-corrected chi connectivity index (χ3v) is 6.04. The summed E-state index contributed by atoms with van der Waals surface area (Å²) in [6.45, 7) is 0. The zero-order chi connectivity index (χ0) is 25.5. The summed E-state index contributed by atoms with van der Waals surface area (Å²) in [7, 11) is 7.98. The van der Waals surface area contributed by atoms with Gasteiger partial charge in [-0.3, -0.25) is 4.79 Å². The van der Waals surface area contributed by atoms with Gasteiger partial charge in [0.2, 0.25) is 0 Å². The maximum atomic E-state index is 14.9. The lowest BCUT2D eigenvalue weighted by atomic mass is 9.86. The van der Waals surface area contributed by atoms with Gasteiger partial charge in [0, 0.05) is 28.2 Å². The van der Waals surface area contributed by atoms with Crippen LogP contribution in [0, 0.1) is 0 Å². The number of nitrogens with zero attached hydrogens (tertiary/aromatic N) is 2. The van der Waals surface area contributed by atoms with E-state index in [4.69, 9.17) is 0 Å². The molecule has 36 heavy (non-hydrogen) atoms. The summed E-state index contributed by atoms with van der Waals surface area (Å²) >= 11 is 0. The highest BCUT2D eigenvalue weighted by Crippen LogP contribution is 2.37. The molecule has 0 aliphatic heterocycles. The van der Waals surface area contributed by atoms with Crippen molar-refractivity contribution < 1.29 is 4.79 Å². The van der Waals surface area contributed by atoms with E-state index in [0.29, 0.717) is 11.1 Å². The minimum atomic E-state index is -0.0208. The molecule has 4 aromatic carbocycles. The standard InChI is InChI=1S/C33H32N2O/c1-34(2)31(27-21-13-7-14-22-27)29(25-17-9-5-10-18-25)33(36)30(26-19-11-6-12-20-26)32(35(3)4)28-23-15-8-16-24-28/h5-24H,1-4H3. The number of hydrogen-bond donors (Lipinski definition) is 0. The van der Waals surface area contributed by atoms with Crippen LogP contribution in [0.5, 0.6) is 0 Å². The van der Waals surface area contributed by atoms with E-state index in [9.17, 15) is 4.79 Å². The van der Waals surface area contributed by atoms with Crippen molar-refractivity contribution in [3.63, 3.8) is 0 Å². The minimum absolute atomic E-state index is 0.0208. The molecule has 0 aliphatic carbocycles. The second-order valence-corrected chi connectivity index (χ2v) is 9.03. The van der Waals surface area contributed by atoms with E-state index < -0.39 is 0 Å². The number of ketones is 1. The van der Waals surface area contributed by atoms with Crippen LogP contribution in [0.3, 0.4) is 0 Å². The first kappa shape index (κ1) is 24.7. The molecule has 0 fully saturated rings. The molecule has 0 bridgehead atoms. The van der Waals surface area contributed by atoms with Crippen LogP contribution in [-0.4, -0.2) is 43.8 Å². The van der Waals surface area contributed by atoms with Crippen LogP contribution >= 0.6 is 0 Å². The Hall–Kier alpha value is -4.37. The van der Waals surface area contributed by atoms with Gasteiger partial charge in [-0.2, -0.15) is 0 Å². The van der Waals surface area contributed by atoms with Gasteiger partial charge in [0.15, 0.2) is 5.78 Å². The average molecular weight is 473 g/mol. The van der Waals surface area contributed by atoms with E-state index in [1.54, 1.807) is 0 Å². The number of allylic oxidation sites excluding steroid dienone is 2. The van der Waals surface area contributed by atoms with Crippen molar-refractivity contribution in [2.75, 3.05) is 28.2 Å². The highest BCUT2D eigenvalue weighted by Gasteiger charge is 2.28. The van der Waals surface area contributed by atoms with Gasteiger partial charge in [0.05, 0.1) is 22.5 Å². The molecule has 0 saturated carbocycles. The molecule has 3 heteroatoms. The first-order valence-corrected chi connectivity index (χ1v) is 12.1. The Balaban J connectivity index is 2.11. The maximum Gasteiger partial charge on any atom is 0.198 e. The SMILES string of the molecule is CN(C)C(=C(C(=O)C(=C(c1ccccc1)N(C)C)c1ccccc1)c1ccccc1)c1ccccc1. The zero-order valence-electron chi connectivity index (χ0n) is 21.3. The van der Waals surface area contributed by atoms with Gasteiger partial charge < -0.3 is 9.80 Å². The van der Waals surface area contributed by atoms with Gasteiger partial charge in [0.1, 0.15) is 0 Å². The Morgan fingerprint density at radius 2 is 0.667 bits per heavy atom. The quantitative estimate of drug-likeness (QED) is 0.208. The monoisotopic (exact) mass is 472 g/mol. The molecule has 0 spiro atoms. The van der Waals surface area contributed by atoms with E-state index in [2.05, 4.69) is 24.3 Å². The number of Topliss-reactive ketones (excluding diaryl/α,β-unsaturated/α-hetero) is 1. The molecule has 180 valence electrons. The Bertz CT molecular complexity index is 1250. The van der Waals surface area contributed by atoms with E-state index in [1.807, 2.05) is 135 Å². The molecule has 4 aromatic rings. The Morgan fingerprint density at radius 3 is 0.917 bits per heavy atom. The van der Waals surface area contributed by atoms with Crippen LogP contribution < -0.4 is 0 Å². The summed E-state index contributed by atoms with van der Waals surface area (Å²) in [6.07, 6.45) is 0. The third-order valence-electron chi connectivity index (χ3n) is 6.04. The predicted molar refractivity (Wildman–Crippen MR) is 152 cm³/mol. The van der Waals surface area contributed by atoms with Gasteiger partial charge in [-0.25, -0.2) is 0 Å². The molecule has 0 saturated heterocycles. The lowest BCUT2D eigenvalue weighted by molar-refractivity contribution is -0.108. The maximum absolute atomic E-state index is 14.9. The lowest BCUT2D eigenvalue weighted by Gasteiger charge is -2.26. The molecule has 3 nitrogen and oxygen atoms in total. The third kappa shape index (κ3) is 5.31. The Labute approximate surface area is 214 Å². The summed E-state index contributed by atoms with van der Waals surface area (Å²) in [4.78, 5) is 19.0. The number of benzene rings is 4. The van der Waals surface area contributed by atoms with Crippen LogP contribution in [0.25, 0.3) is 22.5 Å². The Kier molecular flexibility index (Phi) is 7.82. The Morgan fingerprint density at radius 1 is 0.417 bits per heavy atom. The van der Waals surface area contributed by atoms with Gasteiger partial charge in [-0.15, -0.1) is 0 Å². The molecular weight excluding hydrogens is 440 g/mol. The molecule has 0 unspecified atom stereocenters. The van der Waals surface area contributed by atoms with Crippen molar-refractivity contribution in [1.29, 1.82) is 0 Å². The molecule has 0 radical (unpaired) electrons. The second kappa shape index (κ2) is 11.4. The number of carbonyl (C=O) groups is 1. The molecule has 0 aliphatic rings. The summed E-state index contributed by atoms with van der Waals surface area (Å²) in [5, 5.41) is 0. The summed E-state index contributed by atoms with van der Waals surface area (Å²) in [5.74, 6) is -0.0208. The van der Waals surface area contributed by atoms with Crippen molar-refractivity contribution >= 4 is 28.3 Å². The molecule has 0 aromatic heterocycles. The van der Waals surface area contributed by atoms with Gasteiger partial charge in [-0.05, 0) is 22.3 Å². The molecule has 0 N–H and O–H groups in total. The van der Waals surface area contributed by atoms with Gasteiger partial charge in [0.25, 0.3) is 0 Å². The first-order chi connectivity index (χ1) is 17.5. The van der Waals surface area contributed by atoms with Crippen LogP contribution in [0.2, 0.25) is 0 Å². The fourth-order valence-electron chi connectivity index (χ4n) is 4.53. The highest BCUT2D eigenvalue weighted by atomic mass is 16.1. The fourth-order valence-corrected chi connectivity index (χ4v) is 4.53. The van der Waals surface area contributed by atoms with Gasteiger partial charge >= 0.3 is 0 Å². The molecular formula is C33H32N2O. The van der Waals surface area contributed by atoms with Crippen LogP contribution in [-0.2, 0) is 4.79 Å². The number of carbonyl (C=O) groups excluding carboxylic acids is 1. The number of hydrogen-bond acceptors (Lipinski definition) is 3. The lowest BCUT2D eigenvalue weighted by Crippen LogP contribution is -2.20. The number of rotatable bonds is 8. The molecule has 0 heterocycles. The highest BCUT2D eigenvalue weighted by molar-refractivity contribution is 6.48. The smallest absolute Gasteiger partial charge is 0.198 e. The topological polar surface area (TPSA) is 23.6 Å². The van der Waals surface area contributed by atoms with Crippen molar-refractivity contribution in [1.82, 2.24) is 9.80 Å². The van der Waals surface area contributed by atoms with E-state index >= 15 is 0 Å². The van der Waals surface area contributed by atoms with Crippen LogP contribution in [0.1, 0.15) is 22.3 Å². The van der Waals surface area contributed by atoms with Crippen LogP contribution in [0.15, 0.2) is 121 Å². The van der Waals surface area contributed by atoms with Gasteiger partial charge in [-0.1, -0.05) is 121 Å². The predicted octanol–water partition coefficient (Wildman–Crippen LogP) is 6.82. The largest absolute Gasteiger partial charge is 0.377 e. The van der Waals surface area contributed by atoms with Crippen molar-refractivity contribution in [3.8, 4) is 0 Å².